The minimum atomic E-state index is 0.0589. The Morgan fingerprint density at radius 1 is 1.22 bits per heavy atom. The topological polar surface area (TPSA) is 17.8 Å². The maximum absolute atomic E-state index is 4.21. The monoisotopic (exact) mass is 474 g/mol. The minimum Gasteiger partial charge on any atom is -0.331 e. The quantitative estimate of drug-likeness (QED) is 0.417. The molecule has 3 atom stereocenters. The van der Waals surface area contributed by atoms with Crippen molar-refractivity contribution in [1.82, 2.24) is 9.55 Å². The molecule has 2 nitrogen and oxygen atoms in total. The summed E-state index contributed by atoms with van der Waals surface area (Å²) in [6.45, 7) is 11.6. The molecule has 0 radical (unpaired) electrons. The molecular weight excluding hydrogens is 450 g/mol. The van der Waals surface area contributed by atoms with Crippen LogP contribution < -0.4 is 0 Å². The summed E-state index contributed by atoms with van der Waals surface area (Å²) < 4.78 is 3.17. The van der Waals surface area contributed by atoms with E-state index in [9.17, 15) is 0 Å². The lowest BCUT2D eigenvalue weighted by Gasteiger charge is -2.47. The van der Waals surface area contributed by atoms with Gasteiger partial charge < -0.3 is 4.57 Å². The van der Waals surface area contributed by atoms with E-state index >= 15 is 0 Å². The van der Waals surface area contributed by atoms with E-state index in [1.807, 2.05) is 12.5 Å². The number of rotatable bonds is 6. The van der Waals surface area contributed by atoms with Gasteiger partial charge in [-0.2, -0.15) is 0 Å². The van der Waals surface area contributed by atoms with E-state index in [-0.39, 0.29) is 8.96 Å². The van der Waals surface area contributed by atoms with E-state index in [0.717, 1.165) is 3.92 Å². The van der Waals surface area contributed by atoms with Gasteiger partial charge in [0.25, 0.3) is 0 Å². The SMILES string of the molecule is CCC(I)[C@H](CC)[C@](C)(I)C(C)(C)n1ccnc1. The average Bonchev–Trinajstić information content (AvgIpc) is 2.82. The van der Waals surface area contributed by atoms with Gasteiger partial charge in [0, 0.05) is 19.7 Å². The molecule has 4 heteroatoms. The summed E-state index contributed by atoms with van der Waals surface area (Å²) in [6, 6.07) is 0. The maximum Gasteiger partial charge on any atom is 0.0951 e. The van der Waals surface area contributed by atoms with E-state index in [1.54, 1.807) is 0 Å². The first-order valence-corrected chi connectivity index (χ1v) is 8.92. The number of hydrogen-bond acceptors (Lipinski definition) is 1. The van der Waals surface area contributed by atoms with Crippen molar-refractivity contribution in [2.24, 2.45) is 5.92 Å². The number of nitrogens with zero attached hydrogens (tertiary/aromatic N) is 2. The first kappa shape index (κ1) is 16.7. The summed E-state index contributed by atoms with van der Waals surface area (Å²) in [5.41, 5.74) is 0.0589. The van der Waals surface area contributed by atoms with Crippen molar-refractivity contribution in [2.75, 3.05) is 0 Å². The fourth-order valence-corrected chi connectivity index (χ4v) is 5.63. The lowest BCUT2D eigenvalue weighted by Crippen LogP contribution is -2.51. The number of halogens is 2. The fourth-order valence-electron chi connectivity index (χ4n) is 2.56. The predicted molar refractivity (Wildman–Crippen MR) is 95.9 cm³/mol. The largest absolute Gasteiger partial charge is 0.331 e. The van der Waals surface area contributed by atoms with Crippen molar-refractivity contribution in [3.05, 3.63) is 18.7 Å². The highest BCUT2D eigenvalue weighted by Gasteiger charge is 2.47. The summed E-state index contributed by atoms with van der Waals surface area (Å²) in [6.07, 6.45) is 8.35. The Balaban J connectivity index is 3.10. The molecule has 18 heavy (non-hydrogen) atoms. The molecule has 0 saturated heterocycles. The van der Waals surface area contributed by atoms with Gasteiger partial charge in [-0.3, -0.25) is 0 Å². The van der Waals surface area contributed by atoms with Crippen molar-refractivity contribution in [3.63, 3.8) is 0 Å². The normalized spacial score (nSPS) is 19.3. The molecule has 0 bridgehead atoms. The molecule has 0 N–H and O–H groups in total. The molecular formula is C14H24I2N2. The van der Waals surface area contributed by atoms with Crippen molar-refractivity contribution < 1.29 is 0 Å². The standard InChI is InChI=1S/C14H24I2N2/c1-6-11(12(15)7-2)14(5,16)13(3,4)18-9-8-17-10-18/h8-12H,6-7H2,1-5H3/t11-,12?,14-/m0/s1. The Morgan fingerprint density at radius 3 is 2.22 bits per heavy atom. The van der Waals surface area contributed by atoms with E-state index in [1.165, 1.54) is 12.8 Å². The van der Waals surface area contributed by atoms with Crippen molar-refractivity contribution >= 4 is 45.2 Å². The Bertz CT molecular complexity index is 358. The molecule has 0 spiro atoms. The molecule has 104 valence electrons. The van der Waals surface area contributed by atoms with E-state index in [4.69, 9.17) is 0 Å². The molecule has 1 rings (SSSR count). The molecule has 1 aromatic heterocycles. The van der Waals surface area contributed by atoms with Gasteiger partial charge in [-0.15, -0.1) is 0 Å². The second-order valence-corrected chi connectivity index (χ2v) is 9.38. The van der Waals surface area contributed by atoms with Crippen LogP contribution in [0.1, 0.15) is 47.5 Å². The Morgan fingerprint density at radius 2 is 1.83 bits per heavy atom. The second-order valence-electron chi connectivity index (χ2n) is 5.54. The van der Waals surface area contributed by atoms with Crippen LogP contribution in [0, 0.1) is 5.92 Å². The highest BCUT2D eigenvalue weighted by molar-refractivity contribution is 14.1. The van der Waals surface area contributed by atoms with E-state index in [0.29, 0.717) is 5.92 Å². The first-order chi connectivity index (χ1) is 8.29. The van der Waals surface area contributed by atoms with Crippen LogP contribution in [-0.2, 0) is 5.54 Å². The Labute approximate surface area is 139 Å². The van der Waals surface area contributed by atoms with Crippen molar-refractivity contribution in [2.45, 2.75) is 60.3 Å². The summed E-state index contributed by atoms with van der Waals surface area (Å²) in [4.78, 5) is 4.21. The molecule has 0 fully saturated rings. The number of alkyl halides is 2. The van der Waals surface area contributed by atoms with Crippen molar-refractivity contribution in [1.29, 1.82) is 0 Å². The summed E-state index contributed by atoms with van der Waals surface area (Å²) in [7, 11) is 0. The first-order valence-electron chi connectivity index (χ1n) is 6.60. The molecule has 0 aliphatic heterocycles. The third kappa shape index (κ3) is 3.04. The fraction of sp³-hybridized carbons (Fsp3) is 0.786. The molecule has 1 unspecified atom stereocenters. The van der Waals surface area contributed by atoms with E-state index in [2.05, 4.69) is 95.5 Å². The smallest absolute Gasteiger partial charge is 0.0951 e. The molecule has 0 aliphatic rings. The van der Waals surface area contributed by atoms with Gasteiger partial charge in [-0.05, 0) is 33.1 Å². The average molecular weight is 474 g/mol. The summed E-state index contributed by atoms with van der Waals surface area (Å²) in [5.74, 6) is 0.695. The van der Waals surface area contributed by atoms with Gasteiger partial charge in [0.15, 0.2) is 0 Å². The third-order valence-corrected chi connectivity index (χ3v) is 8.18. The maximum atomic E-state index is 4.21. The molecule has 1 heterocycles. The second kappa shape index (κ2) is 6.41. The molecule has 1 aromatic rings. The Kier molecular flexibility index (Phi) is 5.96. The molecule has 0 aromatic carbocycles. The molecule has 0 saturated carbocycles. The van der Waals surface area contributed by atoms with Crippen molar-refractivity contribution in [3.8, 4) is 0 Å². The summed E-state index contributed by atoms with van der Waals surface area (Å²) >= 11 is 5.29. The van der Waals surface area contributed by atoms with Crippen LogP contribution in [0.15, 0.2) is 18.7 Å². The zero-order valence-corrected chi connectivity index (χ0v) is 16.3. The third-order valence-electron chi connectivity index (χ3n) is 4.31. The van der Waals surface area contributed by atoms with Gasteiger partial charge in [0.05, 0.1) is 11.9 Å². The van der Waals surface area contributed by atoms with Crippen LogP contribution in [-0.4, -0.2) is 16.9 Å². The highest BCUT2D eigenvalue weighted by atomic mass is 127. The predicted octanol–water partition coefficient (Wildman–Crippen LogP) is 5.05. The Hall–Kier alpha value is 0.670. The minimum absolute atomic E-state index is 0.0589. The van der Waals surface area contributed by atoms with Gasteiger partial charge in [0.1, 0.15) is 0 Å². The number of aromatic nitrogens is 2. The number of hydrogen-bond donors (Lipinski definition) is 0. The van der Waals surface area contributed by atoms with Gasteiger partial charge in [-0.25, -0.2) is 4.98 Å². The zero-order valence-electron chi connectivity index (χ0n) is 12.0. The van der Waals surface area contributed by atoms with Crippen LogP contribution in [0.4, 0.5) is 0 Å². The van der Waals surface area contributed by atoms with Gasteiger partial charge in [-0.1, -0.05) is 65.5 Å². The highest BCUT2D eigenvalue weighted by Crippen LogP contribution is 2.47. The van der Waals surface area contributed by atoms with Crippen LogP contribution >= 0.6 is 45.2 Å². The van der Waals surface area contributed by atoms with Gasteiger partial charge >= 0.3 is 0 Å². The van der Waals surface area contributed by atoms with Crippen LogP contribution in [0.2, 0.25) is 0 Å². The van der Waals surface area contributed by atoms with Gasteiger partial charge in [0.2, 0.25) is 0 Å². The lowest BCUT2D eigenvalue weighted by atomic mass is 9.75. The molecule has 0 aliphatic carbocycles. The van der Waals surface area contributed by atoms with E-state index < -0.39 is 0 Å². The zero-order chi connectivity index (χ0) is 14.0. The van der Waals surface area contributed by atoms with Crippen LogP contribution in [0.25, 0.3) is 0 Å². The van der Waals surface area contributed by atoms with Crippen LogP contribution in [0.3, 0.4) is 0 Å². The number of imidazole rings is 1. The summed E-state index contributed by atoms with van der Waals surface area (Å²) in [5, 5.41) is 0. The lowest BCUT2D eigenvalue weighted by molar-refractivity contribution is 0.204. The molecule has 0 amide bonds. The van der Waals surface area contributed by atoms with Crippen LogP contribution in [0.5, 0.6) is 0 Å².